The summed E-state index contributed by atoms with van der Waals surface area (Å²) in [5, 5.41) is 10.3. The molecule has 0 aliphatic rings. The first-order valence-corrected chi connectivity index (χ1v) is 9.93. The molecule has 0 bridgehead atoms. The average molecular weight is 388 g/mol. The summed E-state index contributed by atoms with van der Waals surface area (Å²) in [6, 6.07) is 21.9. The number of thiazole rings is 1. The van der Waals surface area contributed by atoms with E-state index in [1.807, 2.05) is 83.7 Å². The van der Waals surface area contributed by atoms with E-state index in [0.717, 1.165) is 27.5 Å². The van der Waals surface area contributed by atoms with E-state index in [0.29, 0.717) is 12.4 Å². The standard InChI is InChI=1S/C22H20N4OS/c1-16-12-20(26(25-16)14-17-8-4-2-5-9-17)24-21(27)13-19-15-28-22(23-19)18-10-6-3-7-11-18/h2-12,15H,13-14H2,1H3,(H,24,27). The third-order valence-corrected chi connectivity index (χ3v) is 5.20. The Morgan fingerprint density at radius 3 is 2.54 bits per heavy atom. The van der Waals surface area contributed by atoms with Gasteiger partial charge < -0.3 is 5.32 Å². The molecule has 0 fully saturated rings. The number of rotatable bonds is 6. The summed E-state index contributed by atoms with van der Waals surface area (Å²) in [4.78, 5) is 17.1. The minimum absolute atomic E-state index is 0.0980. The van der Waals surface area contributed by atoms with E-state index < -0.39 is 0 Å². The van der Waals surface area contributed by atoms with Crippen molar-refractivity contribution in [1.29, 1.82) is 0 Å². The summed E-state index contributed by atoms with van der Waals surface area (Å²) in [5.74, 6) is 0.601. The van der Waals surface area contributed by atoms with Crippen LogP contribution in [0, 0.1) is 6.92 Å². The second-order valence-electron chi connectivity index (χ2n) is 6.55. The topological polar surface area (TPSA) is 59.8 Å². The monoisotopic (exact) mass is 388 g/mol. The van der Waals surface area contributed by atoms with Crippen molar-refractivity contribution < 1.29 is 4.79 Å². The number of nitrogens with one attached hydrogen (secondary N) is 1. The van der Waals surface area contributed by atoms with Gasteiger partial charge in [-0.05, 0) is 12.5 Å². The van der Waals surface area contributed by atoms with Crippen molar-refractivity contribution in [2.45, 2.75) is 19.9 Å². The smallest absolute Gasteiger partial charge is 0.231 e. The second kappa shape index (κ2) is 8.19. The summed E-state index contributed by atoms with van der Waals surface area (Å²) >= 11 is 1.55. The fourth-order valence-electron chi connectivity index (χ4n) is 2.98. The molecule has 2 aromatic heterocycles. The molecule has 0 aliphatic heterocycles. The zero-order valence-corrected chi connectivity index (χ0v) is 16.3. The Balaban J connectivity index is 1.44. The van der Waals surface area contributed by atoms with Crippen LogP contribution in [0.5, 0.6) is 0 Å². The number of hydrogen-bond donors (Lipinski definition) is 1. The molecule has 140 valence electrons. The van der Waals surface area contributed by atoms with Crippen LogP contribution >= 0.6 is 11.3 Å². The van der Waals surface area contributed by atoms with E-state index >= 15 is 0 Å². The average Bonchev–Trinajstić information content (AvgIpc) is 3.30. The van der Waals surface area contributed by atoms with Gasteiger partial charge in [0, 0.05) is 17.0 Å². The maximum absolute atomic E-state index is 12.6. The van der Waals surface area contributed by atoms with Gasteiger partial charge in [0.15, 0.2) is 0 Å². The second-order valence-corrected chi connectivity index (χ2v) is 7.41. The van der Waals surface area contributed by atoms with Crippen LogP contribution in [0.4, 0.5) is 5.82 Å². The lowest BCUT2D eigenvalue weighted by molar-refractivity contribution is -0.115. The van der Waals surface area contributed by atoms with Crippen LogP contribution in [0.25, 0.3) is 10.6 Å². The summed E-state index contributed by atoms with van der Waals surface area (Å²) in [6.07, 6.45) is 0.235. The normalized spacial score (nSPS) is 10.8. The Morgan fingerprint density at radius 1 is 1.07 bits per heavy atom. The predicted molar refractivity (Wildman–Crippen MR) is 112 cm³/mol. The highest BCUT2D eigenvalue weighted by Crippen LogP contribution is 2.23. The van der Waals surface area contributed by atoms with Crippen molar-refractivity contribution in [3.8, 4) is 10.6 Å². The molecule has 0 aliphatic carbocycles. The van der Waals surface area contributed by atoms with Gasteiger partial charge >= 0.3 is 0 Å². The quantitative estimate of drug-likeness (QED) is 0.527. The van der Waals surface area contributed by atoms with Gasteiger partial charge in [-0.2, -0.15) is 5.10 Å². The zero-order chi connectivity index (χ0) is 19.3. The summed E-state index contributed by atoms with van der Waals surface area (Å²) in [7, 11) is 0. The van der Waals surface area contributed by atoms with E-state index in [4.69, 9.17) is 0 Å². The van der Waals surface area contributed by atoms with Crippen LogP contribution in [0.15, 0.2) is 72.1 Å². The van der Waals surface area contributed by atoms with Crippen LogP contribution in [0.1, 0.15) is 17.0 Å². The van der Waals surface area contributed by atoms with Gasteiger partial charge in [-0.1, -0.05) is 60.7 Å². The lowest BCUT2D eigenvalue weighted by Gasteiger charge is -2.08. The van der Waals surface area contributed by atoms with E-state index in [1.165, 1.54) is 0 Å². The van der Waals surface area contributed by atoms with E-state index in [-0.39, 0.29) is 12.3 Å². The van der Waals surface area contributed by atoms with Crippen LogP contribution < -0.4 is 5.32 Å². The first kappa shape index (κ1) is 18.1. The Kier molecular flexibility index (Phi) is 5.30. The van der Waals surface area contributed by atoms with Crippen LogP contribution in [0.2, 0.25) is 0 Å². The number of hydrogen-bond acceptors (Lipinski definition) is 4. The molecule has 0 saturated heterocycles. The molecule has 1 amide bonds. The third kappa shape index (κ3) is 4.35. The van der Waals surface area contributed by atoms with E-state index in [9.17, 15) is 4.79 Å². The molecule has 0 radical (unpaired) electrons. The third-order valence-electron chi connectivity index (χ3n) is 4.26. The molecule has 0 spiro atoms. The van der Waals surface area contributed by atoms with Crippen molar-refractivity contribution in [3.05, 3.63) is 89.1 Å². The van der Waals surface area contributed by atoms with Gasteiger partial charge in [0.1, 0.15) is 10.8 Å². The number of nitrogens with zero attached hydrogens (tertiary/aromatic N) is 3. The molecule has 1 N–H and O–H groups in total. The number of anilines is 1. The van der Waals surface area contributed by atoms with Crippen LogP contribution in [-0.2, 0) is 17.8 Å². The number of amides is 1. The van der Waals surface area contributed by atoms with Crippen molar-refractivity contribution in [3.63, 3.8) is 0 Å². The van der Waals surface area contributed by atoms with Crippen LogP contribution in [0.3, 0.4) is 0 Å². The summed E-state index contributed by atoms with van der Waals surface area (Å²) in [6.45, 7) is 2.53. The van der Waals surface area contributed by atoms with Gasteiger partial charge in [0.25, 0.3) is 0 Å². The van der Waals surface area contributed by atoms with Gasteiger partial charge in [-0.3, -0.25) is 4.79 Å². The molecule has 0 unspecified atom stereocenters. The Labute approximate surface area is 167 Å². The highest BCUT2D eigenvalue weighted by molar-refractivity contribution is 7.13. The minimum atomic E-state index is -0.0980. The van der Waals surface area contributed by atoms with Crippen molar-refractivity contribution in [2.24, 2.45) is 0 Å². The van der Waals surface area contributed by atoms with Crippen molar-refractivity contribution in [1.82, 2.24) is 14.8 Å². The first-order chi connectivity index (χ1) is 13.7. The zero-order valence-electron chi connectivity index (χ0n) is 15.5. The van der Waals surface area contributed by atoms with Gasteiger partial charge in [0.05, 0.1) is 24.4 Å². The molecule has 2 heterocycles. The molecular formula is C22H20N4OS. The number of carbonyl (C=O) groups is 1. The number of benzene rings is 2. The SMILES string of the molecule is Cc1cc(NC(=O)Cc2csc(-c3ccccc3)n2)n(Cc2ccccc2)n1. The highest BCUT2D eigenvalue weighted by Gasteiger charge is 2.13. The summed E-state index contributed by atoms with van der Waals surface area (Å²) < 4.78 is 1.82. The predicted octanol–water partition coefficient (Wildman–Crippen LogP) is 4.54. The molecular weight excluding hydrogens is 368 g/mol. The molecule has 0 atom stereocenters. The van der Waals surface area contributed by atoms with Gasteiger partial charge in [-0.25, -0.2) is 9.67 Å². The first-order valence-electron chi connectivity index (χ1n) is 9.05. The number of aromatic nitrogens is 3. The molecule has 28 heavy (non-hydrogen) atoms. The van der Waals surface area contributed by atoms with Crippen molar-refractivity contribution >= 4 is 23.1 Å². The maximum atomic E-state index is 12.6. The fraction of sp³-hybridized carbons (Fsp3) is 0.136. The van der Waals surface area contributed by atoms with Gasteiger partial charge in [-0.15, -0.1) is 11.3 Å². The lowest BCUT2D eigenvalue weighted by atomic mass is 10.2. The van der Waals surface area contributed by atoms with E-state index in [2.05, 4.69) is 15.4 Å². The minimum Gasteiger partial charge on any atom is -0.311 e. The molecule has 6 heteroatoms. The number of aryl methyl sites for hydroxylation is 1. The fourth-order valence-corrected chi connectivity index (χ4v) is 3.80. The maximum Gasteiger partial charge on any atom is 0.231 e. The van der Waals surface area contributed by atoms with Gasteiger partial charge in [0.2, 0.25) is 5.91 Å². The number of carbonyl (C=O) groups excluding carboxylic acids is 1. The highest BCUT2D eigenvalue weighted by atomic mass is 32.1. The Bertz CT molecular complexity index is 1070. The molecule has 4 aromatic rings. The Morgan fingerprint density at radius 2 is 1.79 bits per heavy atom. The lowest BCUT2D eigenvalue weighted by Crippen LogP contribution is -2.18. The Hall–Kier alpha value is -3.25. The summed E-state index contributed by atoms with van der Waals surface area (Å²) in [5.41, 5.74) is 3.84. The van der Waals surface area contributed by atoms with Crippen molar-refractivity contribution in [2.75, 3.05) is 5.32 Å². The van der Waals surface area contributed by atoms with E-state index in [1.54, 1.807) is 11.3 Å². The molecule has 5 nitrogen and oxygen atoms in total. The largest absolute Gasteiger partial charge is 0.311 e. The molecule has 0 saturated carbocycles. The van der Waals surface area contributed by atoms with Crippen LogP contribution in [-0.4, -0.2) is 20.7 Å². The molecule has 4 rings (SSSR count). The molecule has 2 aromatic carbocycles.